The van der Waals surface area contributed by atoms with Gasteiger partial charge in [-0.2, -0.15) is 0 Å². The van der Waals surface area contributed by atoms with Crippen LogP contribution in [0.1, 0.15) is 16.1 Å². The molecular weight excluding hydrogens is 216 g/mol. The number of aliphatic carboxylic acids is 1. The highest BCUT2D eigenvalue weighted by Crippen LogP contribution is 1.98. The fraction of sp³-hybridized carbons (Fsp3) is 0.222. The molecule has 7 nitrogen and oxygen atoms in total. The third-order valence-electron chi connectivity index (χ3n) is 1.98. The van der Waals surface area contributed by atoms with E-state index >= 15 is 0 Å². The second-order valence-corrected chi connectivity index (χ2v) is 3.18. The molecule has 1 aromatic rings. The number of aromatic amines is 1. The zero-order chi connectivity index (χ0) is 12.3. The minimum atomic E-state index is -1.26. The van der Waals surface area contributed by atoms with Gasteiger partial charge in [0.2, 0.25) is 0 Å². The van der Waals surface area contributed by atoms with Gasteiger partial charge in [0, 0.05) is 12.0 Å². The molecule has 0 saturated carbocycles. The molecule has 1 rings (SSSR count). The van der Waals surface area contributed by atoms with Gasteiger partial charge in [-0.25, -0.2) is 4.79 Å². The van der Waals surface area contributed by atoms with Crippen LogP contribution in [0.5, 0.6) is 0 Å². The molecule has 1 aromatic heterocycles. The number of carboxylic acids is 2. The first kappa shape index (κ1) is 11.9. The maximum Gasteiger partial charge on any atom is 0.352 e. The Bertz CT molecular complexity index is 479. The average molecular weight is 226 g/mol. The summed E-state index contributed by atoms with van der Waals surface area (Å²) in [6.45, 7) is 0. The van der Waals surface area contributed by atoms with E-state index in [0.717, 1.165) is 0 Å². The van der Waals surface area contributed by atoms with Gasteiger partial charge in [0.15, 0.2) is 0 Å². The normalized spacial score (nSPS) is 12.1. The lowest BCUT2D eigenvalue weighted by Gasteiger charge is -2.05. The Kier molecular flexibility index (Phi) is 3.41. The van der Waals surface area contributed by atoms with Gasteiger partial charge in [-0.15, -0.1) is 0 Å². The van der Waals surface area contributed by atoms with Crippen LogP contribution >= 0.6 is 0 Å². The Morgan fingerprint density at radius 3 is 2.44 bits per heavy atom. The summed E-state index contributed by atoms with van der Waals surface area (Å²) in [6, 6.07) is 1.26. The molecule has 0 saturated heterocycles. The molecule has 0 fully saturated rings. The topological polar surface area (TPSA) is 133 Å². The van der Waals surface area contributed by atoms with E-state index in [9.17, 15) is 14.4 Å². The van der Waals surface area contributed by atoms with E-state index in [1.54, 1.807) is 0 Å². The summed E-state index contributed by atoms with van der Waals surface area (Å²) in [4.78, 5) is 34.4. The Morgan fingerprint density at radius 2 is 2.00 bits per heavy atom. The number of pyridine rings is 1. The van der Waals surface area contributed by atoms with Crippen molar-refractivity contribution in [1.29, 1.82) is 0 Å². The predicted octanol–water partition coefficient (Wildman–Crippen LogP) is -0.972. The Balaban J connectivity index is 2.96. The number of nitrogens with one attached hydrogen (secondary N) is 1. The van der Waals surface area contributed by atoms with Crippen LogP contribution in [0.25, 0.3) is 0 Å². The van der Waals surface area contributed by atoms with Crippen LogP contribution in [0.15, 0.2) is 16.9 Å². The SMILES string of the molecule is N[C@@H](Cc1ccc(C(=O)O)[nH]c1=O)C(=O)O. The molecule has 0 aromatic carbocycles. The highest BCUT2D eigenvalue weighted by atomic mass is 16.4. The highest BCUT2D eigenvalue weighted by molar-refractivity contribution is 5.85. The zero-order valence-corrected chi connectivity index (χ0v) is 8.14. The first-order valence-corrected chi connectivity index (χ1v) is 4.35. The number of aromatic carboxylic acids is 1. The van der Waals surface area contributed by atoms with Crippen LogP contribution in [-0.4, -0.2) is 33.2 Å². The molecule has 1 atom stereocenters. The Hall–Kier alpha value is -2.15. The maximum atomic E-state index is 11.3. The summed E-state index contributed by atoms with van der Waals surface area (Å²) in [5, 5.41) is 17.1. The van der Waals surface area contributed by atoms with Gasteiger partial charge in [-0.1, -0.05) is 6.07 Å². The molecule has 1 heterocycles. The number of nitrogens with two attached hydrogens (primary N) is 1. The number of H-pyrrole nitrogens is 1. The van der Waals surface area contributed by atoms with Crippen molar-refractivity contribution in [2.24, 2.45) is 5.73 Å². The predicted molar refractivity (Wildman–Crippen MR) is 53.3 cm³/mol. The molecule has 0 aliphatic heterocycles. The van der Waals surface area contributed by atoms with Gasteiger partial charge in [-0.05, 0) is 6.07 Å². The lowest BCUT2D eigenvalue weighted by atomic mass is 10.1. The lowest BCUT2D eigenvalue weighted by molar-refractivity contribution is -0.138. The van der Waals surface area contributed by atoms with Crippen LogP contribution in [0.2, 0.25) is 0 Å². The summed E-state index contributed by atoms with van der Waals surface area (Å²) in [5.41, 5.74) is 4.49. The van der Waals surface area contributed by atoms with E-state index in [0.29, 0.717) is 0 Å². The largest absolute Gasteiger partial charge is 0.480 e. The molecule has 0 aliphatic rings. The molecule has 0 aliphatic carbocycles. The number of hydrogen-bond donors (Lipinski definition) is 4. The number of carbonyl (C=O) groups is 2. The summed E-state index contributed by atoms with van der Waals surface area (Å²) in [6.07, 6.45) is -0.148. The van der Waals surface area contributed by atoms with Crippen LogP contribution in [0.4, 0.5) is 0 Å². The van der Waals surface area contributed by atoms with Crippen molar-refractivity contribution in [2.45, 2.75) is 12.5 Å². The van der Waals surface area contributed by atoms with Crippen molar-refractivity contribution >= 4 is 11.9 Å². The summed E-state index contributed by atoms with van der Waals surface area (Å²) >= 11 is 0. The molecule has 0 amide bonds. The minimum Gasteiger partial charge on any atom is -0.480 e. The first-order chi connectivity index (χ1) is 7.41. The fourth-order valence-electron chi connectivity index (χ4n) is 1.11. The first-order valence-electron chi connectivity index (χ1n) is 4.35. The van der Waals surface area contributed by atoms with Crippen molar-refractivity contribution in [3.05, 3.63) is 33.7 Å². The van der Waals surface area contributed by atoms with Crippen molar-refractivity contribution in [1.82, 2.24) is 4.98 Å². The Labute approximate surface area is 89.5 Å². The van der Waals surface area contributed by atoms with E-state index in [-0.39, 0.29) is 17.7 Å². The second-order valence-electron chi connectivity index (χ2n) is 3.18. The fourth-order valence-corrected chi connectivity index (χ4v) is 1.11. The molecular formula is C9H10N2O5. The second kappa shape index (κ2) is 4.58. The molecule has 0 spiro atoms. The average Bonchev–Trinajstić information content (AvgIpc) is 2.20. The van der Waals surface area contributed by atoms with E-state index in [2.05, 4.69) is 4.98 Å². The van der Waals surface area contributed by atoms with E-state index < -0.39 is 23.5 Å². The number of aromatic nitrogens is 1. The molecule has 16 heavy (non-hydrogen) atoms. The molecule has 7 heteroatoms. The van der Waals surface area contributed by atoms with Crippen molar-refractivity contribution in [2.75, 3.05) is 0 Å². The van der Waals surface area contributed by atoms with Crippen molar-refractivity contribution < 1.29 is 19.8 Å². The monoisotopic (exact) mass is 226 g/mol. The molecule has 86 valence electrons. The molecule has 5 N–H and O–H groups in total. The minimum absolute atomic E-state index is 0.139. The van der Waals surface area contributed by atoms with Gasteiger partial charge < -0.3 is 20.9 Å². The van der Waals surface area contributed by atoms with E-state index in [1.807, 2.05) is 0 Å². The van der Waals surface area contributed by atoms with E-state index in [4.69, 9.17) is 15.9 Å². The number of hydrogen-bond acceptors (Lipinski definition) is 4. The number of rotatable bonds is 4. The summed E-state index contributed by atoms with van der Waals surface area (Å²) in [5.74, 6) is -2.48. The van der Waals surface area contributed by atoms with Crippen molar-refractivity contribution in [3.63, 3.8) is 0 Å². The Morgan fingerprint density at radius 1 is 1.38 bits per heavy atom. The van der Waals surface area contributed by atoms with Gasteiger partial charge in [0.25, 0.3) is 5.56 Å². The van der Waals surface area contributed by atoms with Crippen LogP contribution in [0.3, 0.4) is 0 Å². The molecule has 0 radical (unpaired) electrons. The van der Waals surface area contributed by atoms with Gasteiger partial charge >= 0.3 is 11.9 Å². The van der Waals surface area contributed by atoms with Gasteiger partial charge in [-0.3, -0.25) is 9.59 Å². The van der Waals surface area contributed by atoms with E-state index in [1.165, 1.54) is 12.1 Å². The molecule has 0 bridgehead atoms. The van der Waals surface area contributed by atoms with Crippen molar-refractivity contribution in [3.8, 4) is 0 Å². The smallest absolute Gasteiger partial charge is 0.352 e. The highest BCUT2D eigenvalue weighted by Gasteiger charge is 2.15. The van der Waals surface area contributed by atoms with Crippen LogP contribution < -0.4 is 11.3 Å². The standard InChI is InChI=1S/C9H10N2O5/c10-5(8(13)14)3-4-1-2-6(9(15)16)11-7(4)12/h1-2,5H,3,10H2,(H,11,12)(H,13,14)(H,15,16)/t5-/m0/s1. The third kappa shape index (κ3) is 2.67. The van der Waals surface area contributed by atoms with Crippen LogP contribution in [-0.2, 0) is 11.2 Å². The third-order valence-corrected chi connectivity index (χ3v) is 1.98. The zero-order valence-electron chi connectivity index (χ0n) is 8.14. The summed E-state index contributed by atoms with van der Waals surface area (Å²) in [7, 11) is 0. The quantitative estimate of drug-likeness (QED) is 0.521. The van der Waals surface area contributed by atoms with Gasteiger partial charge in [0.05, 0.1) is 0 Å². The van der Waals surface area contributed by atoms with Crippen LogP contribution in [0, 0.1) is 0 Å². The lowest BCUT2D eigenvalue weighted by Crippen LogP contribution is -2.34. The van der Waals surface area contributed by atoms with Gasteiger partial charge in [0.1, 0.15) is 11.7 Å². The summed E-state index contributed by atoms with van der Waals surface area (Å²) < 4.78 is 0. The number of carboxylic acid groups (broad SMARTS) is 2. The molecule has 0 unspecified atom stereocenters. The maximum absolute atomic E-state index is 11.3.